The van der Waals surface area contributed by atoms with Gasteiger partial charge < -0.3 is 15.5 Å². The van der Waals surface area contributed by atoms with Crippen molar-refractivity contribution < 1.29 is 14.0 Å². The first kappa shape index (κ1) is 12.6. The van der Waals surface area contributed by atoms with Crippen molar-refractivity contribution in [1.82, 2.24) is 20.4 Å². The van der Waals surface area contributed by atoms with Gasteiger partial charge in [0, 0.05) is 0 Å². The van der Waals surface area contributed by atoms with Crippen LogP contribution in [0.5, 0.6) is 0 Å². The number of nitrogen functional groups attached to an aromatic ring is 1. The number of furan rings is 1. The van der Waals surface area contributed by atoms with Gasteiger partial charge in [0.1, 0.15) is 10.8 Å². The zero-order valence-electron chi connectivity index (χ0n) is 10.5. The fourth-order valence-corrected chi connectivity index (χ4v) is 2.63. The maximum atomic E-state index is 12.5. The van der Waals surface area contributed by atoms with Gasteiger partial charge in [-0.3, -0.25) is 9.69 Å². The third-order valence-corrected chi connectivity index (χ3v) is 3.80. The van der Waals surface area contributed by atoms with Gasteiger partial charge in [0.15, 0.2) is 5.54 Å². The van der Waals surface area contributed by atoms with Crippen molar-refractivity contribution in [2.24, 2.45) is 0 Å². The van der Waals surface area contributed by atoms with Crippen LogP contribution in [0.1, 0.15) is 17.7 Å². The fourth-order valence-electron chi connectivity index (χ4n) is 2.04. The van der Waals surface area contributed by atoms with Crippen molar-refractivity contribution in [2.75, 3.05) is 5.73 Å². The average molecular weight is 293 g/mol. The number of anilines is 1. The number of aromatic nitrogens is 2. The molecular formula is C11H11N5O3S. The number of carbonyl (C=O) groups is 2. The summed E-state index contributed by atoms with van der Waals surface area (Å²) in [4.78, 5) is 25.5. The Morgan fingerprint density at radius 2 is 2.30 bits per heavy atom. The van der Waals surface area contributed by atoms with Gasteiger partial charge in [-0.25, -0.2) is 4.79 Å². The Labute approximate surface area is 117 Å². The molecule has 2 aromatic heterocycles. The Bertz CT molecular complexity index is 667. The Kier molecular flexibility index (Phi) is 2.71. The topological polar surface area (TPSA) is 114 Å². The number of hydrogen-bond donors (Lipinski definition) is 2. The summed E-state index contributed by atoms with van der Waals surface area (Å²) in [7, 11) is 0. The molecule has 1 atom stereocenters. The quantitative estimate of drug-likeness (QED) is 0.804. The van der Waals surface area contributed by atoms with Gasteiger partial charge in [-0.05, 0) is 19.1 Å². The second-order valence-corrected chi connectivity index (χ2v) is 5.55. The van der Waals surface area contributed by atoms with E-state index in [0.29, 0.717) is 15.9 Å². The molecule has 0 aromatic carbocycles. The van der Waals surface area contributed by atoms with Gasteiger partial charge in [0.2, 0.25) is 5.13 Å². The summed E-state index contributed by atoms with van der Waals surface area (Å²) in [6, 6.07) is 2.81. The van der Waals surface area contributed by atoms with Crippen LogP contribution in [0.3, 0.4) is 0 Å². The summed E-state index contributed by atoms with van der Waals surface area (Å²) in [6.45, 7) is 1.64. The standard InChI is InChI=1S/C11H11N5O3S/c1-11(6-3-2-4-19-6)8(17)16(10(18)13-11)5-7-14-15-9(12)20-7/h2-4H,5H2,1H3,(H2,12,15)(H,13,18). The molecule has 104 valence electrons. The molecule has 0 bridgehead atoms. The van der Waals surface area contributed by atoms with Crippen LogP contribution in [0.2, 0.25) is 0 Å². The Balaban J connectivity index is 1.87. The predicted octanol–water partition coefficient (Wildman–Crippen LogP) is 0.681. The van der Waals surface area contributed by atoms with Crippen LogP contribution >= 0.6 is 11.3 Å². The monoisotopic (exact) mass is 293 g/mol. The number of nitrogens with two attached hydrogens (primary N) is 1. The lowest BCUT2D eigenvalue weighted by Crippen LogP contribution is -2.40. The van der Waals surface area contributed by atoms with E-state index in [1.165, 1.54) is 6.26 Å². The van der Waals surface area contributed by atoms with E-state index >= 15 is 0 Å². The Morgan fingerprint density at radius 1 is 1.50 bits per heavy atom. The van der Waals surface area contributed by atoms with E-state index in [1.54, 1.807) is 19.1 Å². The largest absolute Gasteiger partial charge is 0.466 e. The van der Waals surface area contributed by atoms with Crippen LogP contribution in [0.4, 0.5) is 9.93 Å². The van der Waals surface area contributed by atoms with Crippen molar-refractivity contribution >= 4 is 28.4 Å². The van der Waals surface area contributed by atoms with E-state index < -0.39 is 17.5 Å². The van der Waals surface area contributed by atoms with Gasteiger partial charge in [-0.15, -0.1) is 10.2 Å². The van der Waals surface area contributed by atoms with Gasteiger partial charge in [0.05, 0.1) is 12.8 Å². The molecule has 0 saturated carbocycles. The molecule has 0 aliphatic carbocycles. The molecule has 1 fully saturated rings. The minimum Gasteiger partial charge on any atom is -0.466 e. The number of rotatable bonds is 3. The zero-order valence-corrected chi connectivity index (χ0v) is 11.3. The van der Waals surface area contributed by atoms with Crippen LogP contribution in [0.25, 0.3) is 0 Å². The second kappa shape index (κ2) is 4.30. The number of amides is 3. The van der Waals surface area contributed by atoms with Crippen LogP contribution < -0.4 is 11.1 Å². The van der Waals surface area contributed by atoms with E-state index in [2.05, 4.69) is 15.5 Å². The molecule has 3 amide bonds. The number of urea groups is 1. The first-order valence-corrected chi connectivity index (χ1v) is 6.58. The summed E-state index contributed by atoms with van der Waals surface area (Å²) in [5.41, 5.74) is 4.28. The van der Waals surface area contributed by atoms with Crippen molar-refractivity contribution in [2.45, 2.75) is 19.0 Å². The van der Waals surface area contributed by atoms with Crippen molar-refractivity contribution in [1.29, 1.82) is 0 Å². The number of carbonyl (C=O) groups excluding carboxylic acids is 2. The molecule has 1 unspecified atom stereocenters. The second-order valence-electron chi connectivity index (χ2n) is 4.46. The minimum atomic E-state index is -1.20. The number of nitrogens with zero attached hydrogens (tertiary/aromatic N) is 3. The molecule has 1 aliphatic heterocycles. The average Bonchev–Trinajstić information content (AvgIpc) is 3.09. The molecule has 2 aromatic rings. The molecule has 0 spiro atoms. The van der Waals surface area contributed by atoms with Gasteiger partial charge in [-0.1, -0.05) is 11.3 Å². The lowest BCUT2D eigenvalue weighted by atomic mass is 9.99. The van der Waals surface area contributed by atoms with Crippen LogP contribution in [-0.4, -0.2) is 27.0 Å². The van der Waals surface area contributed by atoms with Gasteiger partial charge in [0.25, 0.3) is 5.91 Å². The highest BCUT2D eigenvalue weighted by molar-refractivity contribution is 7.15. The third-order valence-electron chi connectivity index (χ3n) is 3.06. The molecule has 9 heteroatoms. The Morgan fingerprint density at radius 3 is 2.90 bits per heavy atom. The normalized spacial score (nSPS) is 22.4. The highest BCUT2D eigenvalue weighted by Gasteiger charge is 2.51. The van der Waals surface area contributed by atoms with Crippen LogP contribution in [0.15, 0.2) is 22.8 Å². The SMILES string of the molecule is CC1(c2ccco2)NC(=O)N(Cc2nnc(N)s2)C1=O. The molecular weight excluding hydrogens is 282 g/mol. The Hall–Kier alpha value is -2.42. The van der Waals surface area contributed by atoms with Gasteiger partial charge in [-0.2, -0.15) is 0 Å². The van der Waals surface area contributed by atoms with Gasteiger partial charge >= 0.3 is 6.03 Å². The number of nitrogens with one attached hydrogen (secondary N) is 1. The van der Waals surface area contributed by atoms with E-state index in [1.807, 2.05) is 0 Å². The molecule has 1 aliphatic rings. The maximum absolute atomic E-state index is 12.5. The lowest BCUT2D eigenvalue weighted by Gasteiger charge is -2.18. The number of hydrogen-bond acceptors (Lipinski definition) is 7. The molecule has 0 radical (unpaired) electrons. The summed E-state index contributed by atoms with van der Waals surface area (Å²) >= 11 is 1.13. The third kappa shape index (κ3) is 1.83. The highest BCUT2D eigenvalue weighted by atomic mass is 32.1. The molecule has 3 N–H and O–H groups in total. The highest BCUT2D eigenvalue weighted by Crippen LogP contribution is 2.30. The molecule has 8 nitrogen and oxygen atoms in total. The minimum absolute atomic E-state index is 0.0375. The van der Waals surface area contributed by atoms with Crippen molar-refractivity contribution in [3.8, 4) is 0 Å². The summed E-state index contributed by atoms with van der Waals surface area (Å²) in [5, 5.41) is 10.9. The van der Waals surface area contributed by atoms with Crippen molar-refractivity contribution in [3.05, 3.63) is 29.2 Å². The summed E-state index contributed by atoms with van der Waals surface area (Å²) in [6.07, 6.45) is 1.45. The van der Waals surface area contributed by atoms with Crippen LogP contribution in [0, 0.1) is 0 Å². The van der Waals surface area contributed by atoms with E-state index in [9.17, 15) is 9.59 Å². The van der Waals surface area contributed by atoms with E-state index in [4.69, 9.17) is 10.2 Å². The molecule has 3 heterocycles. The molecule has 1 saturated heterocycles. The molecule has 3 rings (SSSR count). The van der Waals surface area contributed by atoms with Crippen molar-refractivity contribution in [3.63, 3.8) is 0 Å². The summed E-state index contributed by atoms with van der Waals surface area (Å²) < 4.78 is 5.23. The fraction of sp³-hybridized carbons (Fsp3) is 0.273. The molecule has 20 heavy (non-hydrogen) atoms. The smallest absolute Gasteiger partial charge is 0.325 e. The zero-order chi connectivity index (χ0) is 14.3. The first-order chi connectivity index (χ1) is 9.50. The first-order valence-electron chi connectivity index (χ1n) is 5.76. The predicted molar refractivity (Wildman–Crippen MR) is 69.5 cm³/mol. The van der Waals surface area contributed by atoms with E-state index in [0.717, 1.165) is 16.2 Å². The maximum Gasteiger partial charge on any atom is 0.325 e. The number of imide groups is 1. The summed E-state index contributed by atoms with van der Waals surface area (Å²) in [5.74, 6) is -0.0126. The van der Waals surface area contributed by atoms with Crippen LogP contribution in [-0.2, 0) is 16.9 Å². The van der Waals surface area contributed by atoms with E-state index in [-0.39, 0.29) is 6.54 Å². The lowest BCUT2D eigenvalue weighted by molar-refractivity contribution is -0.132.